The van der Waals surface area contributed by atoms with E-state index in [0.717, 1.165) is 18.2 Å². The predicted octanol–water partition coefficient (Wildman–Crippen LogP) is 1.79. The number of carbonyl (C=O) groups is 3. The summed E-state index contributed by atoms with van der Waals surface area (Å²) in [6.45, 7) is 0.0667. The van der Waals surface area contributed by atoms with Gasteiger partial charge in [0.05, 0.1) is 10.6 Å². The Bertz CT molecular complexity index is 884. The third kappa shape index (κ3) is 4.08. The van der Waals surface area contributed by atoms with Crippen LogP contribution in [0.25, 0.3) is 0 Å². The van der Waals surface area contributed by atoms with Gasteiger partial charge in [0.1, 0.15) is 6.04 Å². The van der Waals surface area contributed by atoms with E-state index in [0.29, 0.717) is 17.5 Å². The monoisotopic (exact) mass is 456 g/mol. The third-order valence-corrected chi connectivity index (χ3v) is 7.36. The lowest BCUT2D eigenvalue weighted by Crippen LogP contribution is -2.52. The molecular weight excluding hydrogens is 436 g/mol. The molecule has 3 rings (SSSR count). The van der Waals surface area contributed by atoms with Crippen molar-refractivity contribution in [1.82, 2.24) is 10.2 Å². The Morgan fingerprint density at radius 3 is 2.63 bits per heavy atom. The second-order valence-electron chi connectivity index (χ2n) is 6.75. The van der Waals surface area contributed by atoms with Gasteiger partial charge in [-0.15, -0.1) is 0 Å². The summed E-state index contributed by atoms with van der Waals surface area (Å²) < 4.78 is 25.6. The van der Waals surface area contributed by atoms with Crippen LogP contribution in [0.2, 0.25) is 0 Å². The van der Waals surface area contributed by atoms with Gasteiger partial charge in [-0.25, -0.2) is 8.42 Å². The van der Waals surface area contributed by atoms with Crippen LogP contribution in [0.1, 0.15) is 48.0 Å². The summed E-state index contributed by atoms with van der Waals surface area (Å²) in [5.74, 6) is -1.20. The van der Waals surface area contributed by atoms with Gasteiger partial charge in [-0.2, -0.15) is 0 Å². The van der Waals surface area contributed by atoms with Crippen molar-refractivity contribution in [2.45, 2.75) is 49.6 Å². The normalized spacial score (nSPS) is 20.0. The summed E-state index contributed by atoms with van der Waals surface area (Å²) in [5.41, 5.74) is 0.772. The molecule has 1 atom stereocenters. The van der Waals surface area contributed by atoms with Crippen LogP contribution in [0.15, 0.2) is 23.1 Å². The summed E-state index contributed by atoms with van der Waals surface area (Å²) in [4.78, 5) is 37.8. The van der Waals surface area contributed by atoms with Crippen LogP contribution in [0, 0.1) is 0 Å². The molecule has 0 radical (unpaired) electrons. The number of amides is 3. The maximum absolute atomic E-state index is 12.8. The number of benzene rings is 1. The number of fused-ring (bicyclic) bond motifs is 1. The second kappa shape index (κ2) is 8.10. The molecule has 2 heterocycles. The average molecular weight is 457 g/mol. The molecule has 0 aliphatic carbocycles. The number of carbonyl (C=O) groups excluding carboxylic acids is 3. The van der Waals surface area contributed by atoms with Crippen LogP contribution in [-0.2, 0) is 26.0 Å². The molecule has 1 fully saturated rings. The number of halogens is 1. The fourth-order valence-corrected chi connectivity index (χ4v) is 5.56. The summed E-state index contributed by atoms with van der Waals surface area (Å²) in [6, 6.07) is 3.93. The first-order valence-electron chi connectivity index (χ1n) is 8.90. The average Bonchev–Trinajstić information content (AvgIpc) is 2.95. The minimum absolute atomic E-state index is 0.0308. The highest BCUT2D eigenvalue weighted by molar-refractivity contribution is 9.09. The Balaban J connectivity index is 1.83. The van der Waals surface area contributed by atoms with Gasteiger partial charge in [0.15, 0.2) is 9.84 Å². The molecule has 1 N–H and O–H groups in total. The van der Waals surface area contributed by atoms with Crippen LogP contribution in [0.4, 0.5) is 0 Å². The second-order valence-corrected chi connectivity index (χ2v) is 9.62. The number of hydrogen-bond acceptors (Lipinski definition) is 5. The van der Waals surface area contributed by atoms with E-state index in [1.807, 2.05) is 0 Å². The molecule has 2 aliphatic heterocycles. The number of rotatable bonds is 7. The van der Waals surface area contributed by atoms with Crippen molar-refractivity contribution < 1.29 is 22.8 Å². The quantitative estimate of drug-likeness (QED) is 0.382. The molecule has 1 unspecified atom stereocenters. The molecule has 9 heteroatoms. The SMILES string of the molecule is O=C1CCC(N2Cc3c(cccc3S(=O)(=O)CCCCCBr)C2=O)C(=O)N1. The lowest BCUT2D eigenvalue weighted by molar-refractivity contribution is -0.136. The zero-order valence-corrected chi connectivity index (χ0v) is 17.1. The van der Waals surface area contributed by atoms with Gasteiger partial charge in [-0.3, -0.25) is 19.7 Å². The lowest BCUT2D eigenvalue weighted by atomic mass is 10.0. The van der Waals surface area contributed by atoms with Gasteiger partial charge in [0, 0.05) is 29.4 Å². The van der Waals surface area contributed by atoms with E-state index >= 15 is 0 Å². The molecule has 3 amide bonds. The van der Waals surface area contributed by atoms with E-state index in [-0.39, 0.29) is 41.8 Å². The zero-order chi connectivity index (χ0) is 19.6. The molecular formula is C18H21BrN2O5S. The van der Waals surface area contributed by atoms with Crippen LogP contribution in [0.5, 0.6) is 0 Å². The van der Waals surface area contributed by atoms with Crippen LogP contribution in [0.3, 0.4) is 0 Å². The number of imide groups is 1. The van der Waals surface area contributed by atoms with Crippen molar-refractivity contribution in [3.05, 3.63) is 29.3 Å². The Labute approximate surface area is 166 Å². The lowest BCUT2D eigenvalue weighted by Gasteiger charge is -2.29. The fourth-order valence-electron chi connectivity index (χ4n) is 3.52. The van der Waals surface area contributed by atoms with Crippen molar-refractivity contribution in [1.29, 1.82) is 0 Å². The summed E-state index contributed by atoms with van der Waals surface area (Å²) >= 11 is 3.33. The maximum Gasteiger partial charge on any atom is 0.255 e. The number of piperidine rings is 1. The fraction of sp³-hybridized carbons (Fsp3) is 0.500. The van der Waals surface area contributed by atoms with Crippen molar-refractivity contribution in [3.63, 3.8) is 0 Å². The van der Waals surface area contributed by atoms with Crippen LogP contribution in [-0.4, -0.2) is 48.2 Å². The third-order valence-electron chi connectivity index (χ3n) is 4.92. The molecule has 146 valence electrons. The number of unbranched alkanes of at least 4 members (excludes halogenated alkanes) is 2. The van der Waals surface area contributed by atoms with Crippen molar-refractivity contribution in [2.24, 2.45) is 0 Å². The number of nitrogens with one attached hydrogen (secondary N) is 1. The topological polar surface area (TPSA) is 101 Å². The van der Waals surface area contributed by atoms with Gasteiger partial charge in [-0.05, 0) is 31.4 Å². The van der Waals surface area contributed by atoms with Crippen molar-refractivity contribution >= 4 is 43.5 Å². The van der Waals surface area contributed by atoms with E-state index in [1.165, 1.54) is 11.0 Å². The highest BCUT2D eigenvalue weighted by Gasteiger charge is 2.40. The van der Waals surface area contributed by atoms with Crippen LogP contribution >= 0.6 is 15.9 Å². The first-order chi connectivity index (χ1) is 12.8. The van der Waals surface area contributed by atoms with Crippen LogP contribution < -0.4 is 5.32 Å². The molecule has 1 aromatic carbocycles. The number of sulfone groups is 1. The molecule has 0 spiro atoms. The van der Waals surface area contributed by atoms with Gasteiger partial charge in [0.2, 0.25) is 11.8 Å². The Morgan fingerprint density at radius 1 is 1.15 bits per heavy atom. The van der Waals surface area contributed by atoms with Crippen molar-refractivity contribution in [3.8, 4) is 0 Å². The predicted molar refractivity (Wildman–Crippen MR) is 102 cm³/mol. The molecule has 27 heavy (non-hydrogen) atoms. The molecule has 7 nitrogen and oxygen atoms in total. The van der Waals surface area contributed by atoms with E-state index in [2.05, 4.69) is 21.2 Å². The molecule has 0 aromatic heterocycles. The minimum Gasteiger partial charge on any atom is -0.322 e. The first kappa shape index (κ1) is 20.0. The van der Waals surface area contributed by atoms with E-state index in [1.54, 1.807) is 12.1 Å². The largest absolute Gasteiger partial charge is 0.322 e. The minimum atomic E-state index is -3.51. The summed E-state index contributed by atoms with van der Waals surface area (Å²) in [5, 5.41) is 3.08. The Morgan fingerprint density at radius 2 is 1.93 bits per heavy atom. The molecule has 2 aliphatic rings. The highest BCUT2D eigenvalue weighted by Crippen LogP contribution is 2.32. The van der Waals surface area contributed by atoms with Gasteiger partial charge < -0.3 is 4.90 Å². The molecule has 1 aromatic rings. The molecule has 1 saturated heterocycles. The maximum atomic E-state index is 12.8. The van der Waals surface area contributed by atoms with E-state index in [9.17, 15) is 22.8 Å². The van der Waals surface area contributed by atoms with Gasteiger partial charge >= 0.3 is 0 Å². The van der Waals surface area contributed by atoms with Crippen molar-refractivity contribution in [2.75, 3.05) is 11.1 Å². The van der Waals surface area contributed by atoms with E-state index < -0.39 is 21.8 Å². The first-order valence-corrected chi connectivity index (χ1v) is 11.7. The Kier molecular flexibility index (Phi) is 6.00. The number of hydrogen-bond donors (Lipinski definition) is 1. The molecule has 0 saturated carbocycles. The Hall–Kier alpha value is -1.74. The standard InChI is InChI=1S/C18H21BrN2O5S/c19-9-2-1-3-10-27(25,26)15-6-4-5-12-13(15)11-21(18(12)24)14-7-8-16(22)20-17(14)23/h4-6,14H,1-3,7-11H2,(H,20,22,23). The summed E-state index contributed by atoms with van der Waals surface area (Å²) in [6.07, 6.45) is 2.68. The number of nitrogens with zero attached hydrogens (tertiary/aromatic N) is 1. The highest BCUT2D eigenvalue weighted by atomic mass is 79.9. The van der Waals surface area contributed by atoms with Gasteiger partial charge in [0.25, 0.3) is 5.91 Å². The van der Waals surface area contributed by atoms with Gasteiger partial charge in [-0.1, -0.05) is 28.4 Å². The zero-order valence-electron chi connectivity index (χ0n) is 14.7. The van der Waals surface area contributed by atoms with E-state index in [4.69, 9.17) is 0 Å². The molecule has 0 bridgehead atoms. The number of alkyl halides is 1. The smallest absolute Gasteiger partial charge is 0.255 e. The summed E-state index contributed by atoms with van der Waals surface area (Å²) in [7, 11) is -3.51.